The quantitative estimate of drug-likeness (QED) is 0.881. The van der Waals surface area contributed by atoms with Gasteiger partial charge in [0, 0.05) is 17.6 Å². The Bertz CT molecular complexity index is 526. The molecule has 18 heavy (non-hydrogen) atoms. The van der Waals surface area contributed by atoms with Gasteiger partial charge in [0.1, 0.15) is 0 Å². The van der Waals surface area contributed by atoms with E-state index >= 15 is 0 Å². The zero-order valence-electron chi connectivity index (χ0n) is 10.9. The lowest BCUT2D eigenvalue weighted by atomic mass is 9.76. The Balaban J connectivity index is 2.04. The molecule has 0 aliphatic heterocycles. The molecule has 1 saturated carbocycles. The predicted octanol–water partition coefficient (Wildman–Crippen LogP) is 3.69. The van der Waals surface area contributed by atoms with Crippen LogP contribution in [0.25, 0.3) is 10.9 Å². The molecule has 1 atom stereocenters. The molecule has 1 heterocycles. The first kappa shape index (κ1) is 11.7. The minimum absolute atomic E-state index is 0.497. The third-order valence-corrected chi connectivity index (χ3v) is 4.06. The van der Waals surface area contributed by atoms with Gasteiger partial charge in [0.05, 0.1) is 5.52 Å². The lowest BCUT2D eigenvalue weighted by Gasteiger charge is -2.35. The summed E-state index contributed by atoms with van der Waals surface area (Å²) in [6.07, 6.45) is 6.04. The zero-order chi connectivity index (χ0) is 12.4. The number of aromatic nitrogens is 1. The lowest BCUT2D eigenvalue weighted by Crippen LogP contribution is -2.32. The molecule has 3 rings (SSSR count). The van der Waals surface area contributed by atoms with Gasteiger partial charge in [-0.15, -0.1) is 0 Å². The number of para-hydroxylation sites is 1. The van der Waals surface area contributed by atoms with Crippen LogP contribution in [0.4, 0.5) is 0 Å². The highest BCUT2D eigenvalue weighted by Crippen LogP contribution is 2.39. The minimum Gasteiger partial charge on any atom is -0.310 e. The van der Waals surface area contributed by atoms with Crippen LogP contribution in [0.3, 0.4) is 0 Å². The van der Waals surface area contributed by atoms with Crippen molar-refractivity contribution in [1.82, 2.24) is 10.3 Å². The number of rotatable bonds is 4. The van der Waals surface area contributed by atoms with Crippen LogP contribution in [0.15, 0.2) is 36.5 Å². The van der Waals surface area contributed by atoms with Gasteiger partial charge in [-0.05, 0) is 43.0 Å². The van der Waals surface area contributed by atoms with E-state index in [-0.39, 0.29) is 0 Å². The van der Waals surface area contributed by atoms with E-state index in [0.717, 1.165) is 18.0 Å². The Morgan fingerprint density at radius 3 is 2.83 bits per heavy atom. The number of nitrogens with one attached hydrogen (secondary N) is 1. The van der Waals surface area contributed by atoms with Gasteiger partial charge in [0.25, 0.3) is 0 Å². The Morgan fingerprint density at radius 1 is 1.28 bits per heavy atom. The Morgan fingerprint density at radius 2 is 2.11 bits per heavy atom. The van der Waals surface area contributed by atoms with Crippen molar-refractivity contribution in [3.05, 3.63) is 42.1 Å². The maximum atomic E-state index is 4.46. The molecule has 1 aliphatic rings. The van der Waals surface area contributed by atoms with Crippen molar-refractivity contribution in [1.29, 1.82) is 0 Å². The maximum Gasteiger partial charge on any atom is 0.0705 e. The highest BCUT2D eigenvalue weighted by Gasteiger charge is 2.28. The van der Waals surface area contributed by atoms with Crippen LogP contribution in [0.2, 0.25) is 0 Å². The molecular weight excluding hydrogens is 220 g/mol. The zero-order valence-corrected chi connectivity index (χ0v) is 10.9. The standard InChI is InChI=1S/C16H20N2/c1-2-17-16(12-6-5-7-12)14-10-11-18-15-9-4-3-8-13(14)15/h3-4,8-12,16-17H,2,5-7H2,1H3. The van der Waals surface area contributed by atoms with Crippen molar-refractivity contribution in [3.8, 4) is 0 Å². The number of pyridine rings is 1. The van der Waals surface area contributed by atoms with E-state index in [0.29, 0.717) is 6.04 Å². The molecule has 1 aromatic heterocycles. The van der Waals surface area contributed by atoms with Crippen molar-refractivity contribution >= 4 is 10.9 Å². The van der Waals surface area contributed by atoms with Crippen molar-refractivity contribution in [2.45, 2.75) is 32.2 Å². The molecule has 94 valence electrons. The fourth-order valence-corrected chi connectivity index (χ4v) is 2.91. The van der Waals surface area contributed by atoms with Crippen LogP contribution < -0.4 is 5.32 Å². The van der Waals surface area contributed by atoms with Crippen molar-refractivity contribution in [2.24, 2.45) is 5.92 Å². The summed E-state index contributed by atoms with van der Waals surface area (Å²) in [6, 6.07) is 11.1. The fraction of sp³-hybridized carbons (Fsp3) is 0.438. The molecule has 0 bridgehead atoms. The van der Waals surface area contributed by atoms with E-state index in [9.17, 15) is 0 Å². The van der Waals surface area contributed by atoms with Crippen molar-refractivity contribution in [2.75, 3.05) is 6.54 Å². The number of benzene rings is 1. The van der Waals surface area contributed by atoms with Crippen LogP contribution in [0.1, 0.15) is 37.8 Å². The van der Waals surface area contributed by atoms with E-state index < -0.39 is 0 Å². The summed E-state index contributed by atoms with van der Waals surface area (Å²) in [4.78, 5) is 4.46. The third-order valence-electron chi connectivity index (χ3n) is 4.06. The molecule has 2 nitrogen and oxygen atoms in total. The van der Waals surface area contributed by atoms with Gasteiger partial charge in [-0.25, -0.2) is 0 Å². The molecule has 0 radical (unpaired) electrons. The van der Waals surface area contributed by atoms with Crippen LogP contribution in [0.5, 0.6) is 0 Å². The second kappa shape index (κ2) is 5.07. The minimum atomic E-state index is 0.497. The number of hydrogen-bond donors (Lipinski definition) is 1. The monoisotopic (exact) mass is 240 g/mol. The summed E-state index contributed by atoms with van der Waals surface area (Å²) in [5.41, 5.74) is 2.53. The largest absolute Gasteiger partial charge is 0.310 e. The molecule has 1 aliphatic carbocycles. The summed E-state index contributed by atoms with van der Waals surface area (Å²) >= 11 is 0. The first-order chi connectivity index (χ1) is 8.90. The summed E-state index contributed by atoms with van der Waals surface area (Å²) in [5, 5.41) is 4.97. The number of hydrogen-bond acceptors (Lipinski definition) is 2. The summed E-state index contributed by atoms with van der Waals surface area (Å²) < 4.78 is 0. The SMILES string of the molecule is CCNC(c1ccnc2ccccc12)C1CCC1. The van der Waals surface area contributed by atoms with Gasteiger partial charge in [-0.1, -0.05) is 31.5 Å². The summed E-state index contributed by atoms with van der Waals surface area (Å²) in [7, 11) is 0. The molecule has 1 fully saturated rings. The molecule has 1 aromatic carbocycles. The Labute approximate surface area is 108 Å². The Kier molecular flexibility index (Phi) is 3.28. The van der Waals surface area contributed by atoms with Crippen LogP contribution in [-0.4, -0.2) is 11.5 Å². The third kappa shape index (κ3) is 2.01. The average molecular weight is 240 g/mol. The summed E-state index contributed by atoms with van der Waals surface area (Å²) in [6.45, 7) is 3.22. The van der Waals surface area contributed by atoms with Gasteiger partial charge in [-0.2, -0.15) is 0 Å². The molecule has 2 heteroatoms. The molecule has 0 spiro atoms. The van der Waals surface area contributed by atoms with Crippen molar-refractivity contribution in [3.63, 3.8) is 0 Å². The summed E-state index contributed by atoms with van der Waals surface area (Å²) in [5.74, 6) is 0.802. The highest BCUT2D eigenvalue weighted by molar-refractivity contribution is 5.82. The highest BCUT2D eigenvalue weighted by atomic mass is 14.9. The van der Waals surface area contributed by atoms with E-state index in [4.69, 9.17) is 0 Å². The molecule has 1 unspecified atom stereocenters. The molecule has 1 N–H and O–H groups in total. The fourth-order valence-electron chi connectivity index (χ4n) is 2.91. The van der Waals surface area contributed by atoms with Gasteiger partial charge >= 0.3 is 0 Å². The molecule has 0 amide bonds. The predicted molar refractivity (Wildman–Crippen MR) is 75.5 cm³/mol. The molecular formula is C16H20N2. The van der Waals surface area contributed by atoms with E-state index in [1.807, 2.05) is 6.20 Å². The van der Waals surface area contributed by atoms with E-state index in [1.165, 1.54) is 30.2 Å². The molecule has 0 saturated heterocycles. The van der Waals surface area contributed by atoms with Crippen molar-refractivity contribution < 1.29 is 0 Å². The smallest absolute Gasteiger partial charge is 0.0705 e. The second-order valence-corrected chi connectivity index (χ2v) is 5.14. The van der Waals surface area contributed by atoms with Crippen LogP contribution in [-0.2, 0) is 0 Å². The van der Waals surface area contributed by atoms with Crippen LogP contribution in [0, 0.1) is 5.92 Å². The second-order valence-electron chi connectivity index (χ2n) is 5.14. The van der Waals surface area contributed by atoms with Gasteiger partial charge in [-0.3, -0.25) is 4.98 Å². The first-order valence-electron chi connectivity index (χ1n) is 6.97. The van der Waals surface area contributed by atoms with E-state index in [1.54, 1.807) is 0 Å². The Hall–Kier alpha value is -1.41. The normalized spacial score (nSPS) is 17.6. The van der Waals surface area contributed by atoms with E-state index in [2.05, 4.69) is 47.6 Å². The van der Waals surface area contributed by atoms with Gasteiger partial charge in [0.2, 0.25) is 0 Å². The van der Waals surface area contributed by atoms with Crippen LogP contribution >= 0.6 is 0 Å². The molecule has 2 aromatic rings. The lowest BCUT2D eigenvalue weighted by molar-refractivity contribution is 0.234. The maximum absolute atomic E-state index is 4.46. The van der Waals surface area contributed by atoms with Gasteiger partial charge < -0.3 is 5.32 Å². The first-order valence-corrected chi connectivity index (χ1v) is 6.97. The number of fused-ring (bicyclic) bond motifs is 1. The average Bonchev–Trinajstić information content (AvgIpc) is 2.35. The number of nitrogens with zero attached hydrogens (tertiary/aromatic N) is 1. The van der Waals surface area contributed by atoms with Gasteiger partial charge in [0.15, 0.2) is 0 Å². The topological polar surface area (TPSA) is 24.9 Å².